The van der Waals surface area contributed by atoms with E-state index in [0.717, 1.165) is 39.1 Å². The van der Waals surface area contributed by atoms with Gasteiger partial charge in [0.15, 0.2) is 0 Å². The lowest BCUT2D eigenvalue weighted by molar-refractivity contribution is -0.133. The average Bonchev–Trinajstić information content (AvgIpc) is 2.74. The van der Waals surface area contributed by atoms with Crippen molar-refractivity contribution in [1.82, 2.24) is 15.1 Å². The Morgan fingerprint density at radius 2 is 1.95 bits per heavy atom. The van der Waals surface area contributed by atoms with Crippen LogP contribution in [0.4, 0.5) is 0 Å². The number of rotatable bonds is 4. The zero-order valence-corrected chi connectivity index (χ0v) is 12.4. The SMILES string of the molecule is CCN(CC(=O)N1CCCNCC1)C1CCCCC1. The lowest BCUT2D eigenvalue weighted by Gasteiger charge is -2.34. The normalized spacial score (nSPS) is 22.5. The number of likely N-dealkylation sites (N-methyl/N-ethyl adjacent to an activating group) is 1. The van der Waals surface area contributed by atoms with Gasteiger partial charge in [0.05, 0.1) is 6.54 Å². The highest BCUT2D eigenvalue weighted by Crippen LogP contribution is 2.22. The Balaban J connectivity index is 1.83. The molecule has 0 bridgehead atoms. The van der Waals surface area contributed by atoms with Gasteiger partial charge in [-0.2, -0.15) is 0 Å². The fourth-order valence-electron chi connectivity index (χ4n) is 3.31. The molecule has 1 amide bonds. The van der Waals surface area contributed by atoms with Crippen molar-refractivity contribution in [2.45, 2.75) is 51.5 Å². The molecule has 0 unspecified atom stereocenters. The highest BCUT2D eigenvalue weighted by atomic mass is 16.2. The van der Waals surface area contributed by atoms with Gasteiger partial charge in [-0.05, 0) is 32.4 Å². The number of hydrogen-bond donors (Lipinski definition) is 1. The van der Waals surface area contributed by atoms with Crippen LogP contribution in [0.15, 0.2) is 0 Å². The second-order valence-corrected chi connectivity index (χ2v) is 5.84. The monoisotopic (exact) mass is 267 g/mol. The number of carbonyl (C=O) groups is 1. The summed E-state index contributed by atoms with van der Waals surface area (Å²) in [5, 5.41) is 3.36. The van der Waals surface area contributed by atoms with Crippen LogP contribution in [0.1, 0.15) is 45.4 Å². The Morgan fingerprint density at radius 1 is 1.16 bits per heavy atom. The number of amides is 1. The Hall–Kier alpha value is -0.610. The van der Waals surface area contributed by atoms with Gasteiger partial charge in [-0.25, -0.2) is 0 Å². The maximum Gasteiger partial charge on any atom is 0.236 e. The lowest BCUT2D eigenvalue weighted by atomic mass is 9.94. The molecule has 0 aromatic carbocycles. The van der Waals surface area contributed by atoms with Gasteiger partial charge in [-0.15, -0.1) is 0 Å². The third-order valence-electron chi connectivity index (χ3n) is 4.53. The van der Waals surface area contributed by atoms with Crippen LogP contribution in [-0.2, 0) is 4.79 Å². The van der Waals surface area contributed by atoms with E-state index in [1.807, 2.05) is 4.90 Å². The van der Waals surface area contributed by atoms with Crippen molar-refractivity contribution < 1.29 is 4.79 Å². The van der Waals surface area contributed by atoms with Crippen LogP contribution < -0.4 is 5.32 Å². The predicted molar refractivity (Wildman–Crippen MR) is 78.2 cm³/mol. The summed E-state index contributed by atoms with van der Waals surface area (Å²) in [6.45, 7) is 7.61. The minimum Gasteiger partial charge on any atom is -0.340 e. The van der Waals surface area contributed by atoms with Crippen LogP contribution in [0.5, 0.6) is 0 Å². The zero-order valence-electron chi connectivity index (χ0n) is 12.4. The van der Waals surface area contributed by atoms with E-state index in [1.54, 1.807) is 0 Å². The molecule has 1 saturated heterocycles. The van der Waals surface area contributed by atoms with Crippen LogP contribution in [0, 0.1) is 0 Å². The number of carbonyl (C=O) groups excluding carboxylic acids is 1. The zero-order chi connectivity index (χ0) is 13.5. The fraction of sp³-hybridized carbons (Fsp3) is 0.933. The molecule has 0 aromatic rings. The Labute approximate surface area is 117 Å². The third kappa shape index (κ3) is 4.46. The molecule has 4 heteroatoms. The Morgan fingerprint density at radius 3 is 2.68 bits per heavy atom. The van der Waals surface area contributed by atoms with Crippen LogP contribution >= 0.6 is 0 Å². The summed E-state index contributed by atoms with van der Waals surface area (Å²) >= 11 is 0. The van der Waals surface area contributed by atoms with E-state index in [0.29, 0.717) is 18.5 Å². The molecular weight excluding hydrogens is 238 g/mol. The molecule has 1 heterocycles. The van der Waals surface area contributed by atoms with E-state index >= 15 is 0 Å². The van der Waals surface area contributed by atoms with Gasteiger partial charge in [-0.1, -0.05) is 26.2 Å². The first kappa shape index (κ1) is 14.8. The first-order chi connectivity index (χ1) is 9.31. The predicted octanol–water partition coefficient (Wildman–Crippen LogP) is 1.46. The van der Waals surface area contributed by atoms with Crippen molar-refractivity contribution >= 4 is 5.91 Å². The van der Waals surface area contributed by atoms with E-state index < -0.39 is 0 Å². The van der Waals surface area contributed by atoms with E-state index in [9.17, 15) is 4.79 Å². The van der Waals surface area contributed by atoms with Gasteiger partial charge in [0.1, 0.15) is 0 Å². The smallest absolute Gasteiger partial charge is 0.236 e. The molecule has 2 fully saturated rings. The van der Waals surface area contributed by atoms with Gasteiger partial charge < -0.3 is 10.2 Å². The Bertz CT molecular complexity index is 269. The standard InChI is InChI=1S/C15H29N3O/c1-2-17(14-7-4-3-5-8-14)13-15(19)18-11-6-9-16-10-12-18/h14,16H,2-13H2,1H3. The van der Waals surface area contributed by atoms with Crippen molar-refractivity contribution in [2.24, 2.45) is 0 Å². The second-order valence-electron chi connectivity index (χ2n) is 5.84. The van der Waals surface area contributed by atoms with Crippen LogP contribution in [0.25, 0.3) is 0 Å². The van der Waals surface area contributed by atoms with Crippen molar-refractivity contribution in [3.63, 3.8) is 0 Å². The molecule has 2 aliphatic rings. The molecule has 0 spiro atoms. The fourth-order valence-corrected chi connectivity index (χ4v) is 3.31. The first-order valence-corrected chi connectivity index (χ1v) is 8.04. The maximum absolute atomic E-state index is 12.4. The molecule has 1 N–H and O–H groups in total. The third-order valence-corrected chi connectivity index (χ3v) is 4.53. The molecule has 0 aromatic heterocycles. The van der Waals surface area contributed by atoms with Gasteiger partial charge in [-0.3, -0.25) is 9.69 Å². The summed E-state index contributed by atoms with van der Waals surface area (Å²) in [5.41, 5.74) is 0. The molecular formula is C15H29N3O. The first-order valence-electron chi connectivity index (χ1n) is 8.04. The van der Waals surface area contributed by atoms with Crippen LogP contribution in [0.3, 0.4) is 0 Å². The number of hydrogen-bond acceptors (Lipinski definition) is 3. The second kappa shape index (κ2) is 7.85. The molecule has 0 atom stereocenters. The van der Waals surface area contributed by atoms with Gasteiger partial charge in [0.2, 0.25) is 5.91 Å². The van der Waals surface area contributed by atoms with Crippen molar-refractivity contribution in [3.05, 3.63) is 0 Å². The highest BCUT2D eigenvalue weighted by molar-refractivity contribution is 5.78. The van der Waals surface area contributed by atoms with E-state index in [1.165, 1.54) is 32.1 Å². The van der Waals surface area contributed by atoms with E-state index in [-0.39, 0.29) is 0 Å². The van der Waals surface area contributed by atoms with Crippen LogP contribution in [0.2, 0.25) is 0 Å². The molecule has 1 aliphatic heterocycles. The molecule has 19 heavy (non-hydrogen) atoms. The van der Waals surface area contributed by atoms with Gasteiger partial charge in [0.25, 0.3) is 0 Å². The lowest BCUT2D eigenvalue weighted by Crippen LogP contribution is -2.46. The topological polar surface area (TPSA) is 35.6 Å². The quantitative estimate of drug-likeness (QED) is 0.838. The van der Waals surface area contributed by atoms with Gasteiger partial charge in [0, 0.05) is 25.7 Å². The van der Waals surface area contributed by atoms with Gasteiger partial charge >= 0.3 is 0 Å². The molecule has 2 rings (SSSR count). The molecule has 1 saturated carbocycles. The number of nitrogens with zero attached hydrogens (tertiary/aromatic N) is 2. The summed E-state index contributed by atoms with van der Waals surface area (Å²) in [4.78, 5) is 16.9. The van der Waals surface area contributed by atoms with Crippen molar-refractivity contribution in [2.75, 3.05) is 39.3 Å². The Kier molecular flexibility index (Phi) is 6.11. The summed E-state index contributed by atoms with van der Waals surface area (Å²) in [6, 6.07) is 0.646. The molecule has 1 aliphatic carbocycles. The number of nitrogens with one attached hydrogen (secondary N) is 1. The highest BCUT2D eigenvalue weighted by Gasteiger charge is 2.24. The molecule has 0 radical (unpaired) electrons. The average molecular weight is 267 g/mol. The molecule has 4 nitrogen and oxygen atoms in total. The summed E-state index contributed by atoms with van der Waals surface area (Å²) in [7, 11) is 0. The van der Waals surface area contributed by atoms with Crippen LogP contribution in [-0.4, -0.2) is 61.0 Å². The van der Waals surface area contributed by atoms with E-state index in [4.69, 9.17) is 0 Å². The van der Waals surface area contributed by atoms with E-state index in [2.05, 4.69) is 17.1 Å². The largest absolute Gasteiger partial charge is 0.340 e. The summed E-state index contributed by atoms with van der Waals surface area (Å²) < 4.78 is 0. The minimum absolute atomic E-state index is 0.330. The maximum atomic E-state index is 12.4. The van der Waals surface area contributed by atoms with Crippen molar-refractivity contribution in [3.8, 4) is 0 Å². The molecule has 110 valence electrons. The van der Waals surface area contributed by atoms with Crippen molar-refractivity contribution in [1.29, 1.82) is 0 Å². The summed E-state index contributed by atoms with van der Waals surface area (Å²) in [5.74, 6) is 0.330. The summed E-state index contributed by atoms with van der Waals surface area (Å²) in [6.07, 6.45) is 7.69. The minimum atomic E-state index is 0.330.